The summed E-state index contributed by atoms with van der Waals surface area (Å²) in [5.74, 6) is -1.34. The van der Waals surface area contributed by atoms with Gasteiger partial charge < -0.3 is 4.84 Å². The zero-order valence-electron chi connectivity index (χ0n) is 16.3. The number of oxime groups is 1. The minimum atomic E-state index is -1.42. The second-order valence-electron chi connectivity index (χ2n) is 9.12. The standard InChI is InChI=1S/C21H23Cl2NO3/c1-19(2,3)11-10-14(25)21(20(4,5)6)16(18(11)26)17(24-27-21)15-12(22)8-7-9-13(15)23/h7-10,16H,1-6H3. The van der Waals surface area contributed by atoms with Crippen molar-refractivity contribution in [3.63, 3.8) is 0 Å². The molecule has 144 valence electrons. The molecule has 0 aromatic heterocycles. The number of carbonyl (C=O) groups excluding carboxylic acids is 2. The summed E-state index contributed by atoms with van der Waals surface area (Å²) in [5.41, 5.74) is -1.38. The first kappa shape index (κ1) is 20.1. The molecule has 2 atom stereocenters. The number of Topliss-reactive ketones (excluding diaryl/α,β-unsaturated/α-hetero) is 1. The highest BCUT2D eigenvalue weighted by molar-refractivity contribution is 6.42. The fourth-order valence-electron chi connectivity index (χ4n) is 3.84. The summed E-state index contributed by atoms with van der Waals surface area (Å²) in [4.78, 5) is 32.7. The van der Waals surface area contributed by atoms with Crippen molar-refractivity contribution in [1.82, 2.24) is 0 Å². The monoisotopic (exact) mass is 407 g/mol. The van der Waals surface area contributed by atoms with Gasteiger partial charge in [-0.2, -0.15) is 0 Å². The lowest BCUT2D eigenvalue weighted by atomic mass is 9.58. The Hall–Kier alpha value is -1.65. The van der Waals surface area contributed by atoms with Gasteiger partial charge in [0.2, 0.25) is 11.4 Å². The molecule has 6 heteroatoms. The van der Waals surface area contributed by atoms with E-state index in [2.05, 4.69) is 5.16 Å². The second kappa shape index (κ2) is 6.18. The molecule has 0 spiro atoms. The molecule has 1 aromatic rings. The van der Waals surface area contributed by atoms with Crippen molar-refractivity contribution in [2.75, 3.05) is 0 Å². The van der Waals surface area contributed by atoms with Gasteiger partial charge in [0.15, 0.2) is 5.78 Å². The normalized spacial score (nSPS) is 25.7. The van der Waals surface area contributed by atoms with E-state index in [1.165, 1.54) is 6.08 Å². The molecule has 1 aliphatic heterocycles. The van der Waals surface area contributed by atoms with E-state index in [0.717, 1.165) is 0 Å². The molecule has 1 heterocycles. The first-order valence-corrected chi connectivity index (χ1v) is 9.59. The van der Waals surface area contributed by atoms with E-state index >= 15 is 0 Å². The van der Waals surface area contributed by atoms with Crippen LogP contribution in [0.3, 0.4) is 0 Å². The number of carbonyl (C=O) groups is 2. The van der Waals surface area contributed by atoms with Crippen molar-refractivity contribution >= 4 is 40.5 Å². The van der Waals surface area contributed by atoms with Crippen LogP contribution >= 0.6 is 23.2 Å². The number of halogens is 2. The average Bonchev–Trinajstić information content (AvgIpc) is 2.91. The van der Waals surface area contributed by atoms with Crippen molar-refractivity contribution in [3.8, 4) is 0 Å². The highest BCUT2D eigenvalue weighted by atomic mass is 35.5. The van der Waals surface area contributed by atoms with Gasteiger partial charge in [-0.15, -0.1) is 0 Å². The summed E-state index contributed by atoms with van der Waals surface area (Å²) in [6.45, 7) is 11.3. The quantitative estimate of drug-likeness (QED) is 0.638. The highest BCUT2D eigenvalue weighted by Crippen LogP contribution is 2.52. The summed E-state index contributed by atoms with van der Waals surface area (Å²) in [7, 11) is 0. The first-order valence-electron chi connectivity index (χ1n) is 8.83. The van der Waals surface area contributed by atoms with Gasteiger partial charge in [-0.1, -0.05) is 76.0 Å². The second-order valence-corrected chi connectivity index (χ2v) is 9.93. The van der Waals surface area contributed by atoms with Crippen LogP contribution < -0.4 is 0 Å². The average molecular weight is 408 g/mol. The van der Waals surface area contributed by atoms with Gasteiger partial charge in [-0.3, -0.25) is 9.59 Å². The Balaban J connectivity index is 2.28. The molecule has 0 saturated heterocycles. The molecule has 0 radical (unpaired) electrons. The molecule has 0 fully saturated rings. The third-order valence-corrected chi connectivity index (χ3v) is 5.91. The molecule has 0 amide bonds. The number of nitrogens with zero attached hydrogens (tertiary/aromatic N) is 1. The van der Waals surface area contributed by atoms with Gasteiger partial charge in [0.05, 0.1) is 10.0 Å². The Morgan fingerprint density at radius 2 is 1.59 bits per heavy atom. The molecule has 0 bridgehead atoms. The van der Waals surface area contributed by atoms with Crippen molar-refractivity contribution in [1.29, 1.82) is 0 Å². The van der Waals surface area contributed by atoms with E-state index in [-0.39, 0.29) is 11.6 Å². The summed E-state index contributed by atoms with van der Waals surface area (Å²) in [6.07, 6.45) is 1.43. The van der Waals surface area contributed by atoms with Gasteiger partial charge in [-0.25, -0.2) is 0 Å². The number of hydrogen-bond acceptors (Lipinski definition) is 4. The predicted octanol–water partition coefficient (Wildman–Crippen LogP) is 5.25. The Kier molecular flexibility index (Phi) is 4.60. The van der Waals surface area contributed by atoms with Crippen LogP contribution in [0, 0.1) is 16.7 Å². The first-order chi connectivity index (χ1) is 12.3. The summed E-state index contributed by atoms with van der Waals surface area (Å²) >= 11 is 12.8. The van der Waals surface area contributed by atoms with E-state index in [1.807, 2.05) is 41.5 Å². The molecular weight excluding hydrogens is 385 g/mol. The largest absolute Gasteiger partial charge is 0.379 e. The molecule has 0 N–H and O–H groups in total. The van der Waals surface area contributed by atoms with E-state index < -0.39 is 22.3 Å². The number of fused-ring (bicyclic) bond motifs is 1. The van der Waals surface area contributed by atoms with Crippen LogP contribution in [-0.4, -0.2) is 22.9 Å². The fourth-order valence-corrected chi connectivity index (χ4v) is 4.43. The van der Waals surface area contributed by atoms with Gasteiger partial charge >= 0.3 is 0 Å². The third kappa shape index (κ3) is 2.85. The van der Waals surface area contributed by atoms with Gasteiger partial charge in [0.1, 0.15) is 11.6 Å². The fraction of sp³-hybridized carbons (Fsp3) is 0.476. The van der Waals surface area contributed by atoms with E-state index in [1.54, 1.807) is 18.2 Å². The maximum atomic E-state index is 13.6. The van der Waals surface area contributed by atoms with Crippen LogP contribution in [0.15, 0.2) is 35.0 Å². The minimum Gasteiger partial charge on any atom is -0.379 e. The summed E-state index contributed by atoms with van der Waals surface area (Å²) in [5, 5.41) is 4.93. The van der Waals surface area contributed by atoms with Crippen molar-refractivity contribution < 1.29 is 14.4 Å². The van der Waals surface area contributed by atoms with Gasteiger partial charge in [-0.05, 0) is 23.6 Å². The molecule has 4 nitrogen and oxygen atoms in total. The lowest BCUT2D eigenvalue weighted by Gasteiger charge is -2.44. The van der Waals surface area contributed by atoms with Crippen LogP contribution in [0.4, 0.5) is 0 Å². The molecule has 27 heavy (non-hydrogen) atoms. The molecular formula is C21H23Cl2NO3. The molecule has 2 aliphatic rings. The Labute approximate surface area is 169 Å². The van der Waals surface area contributed by atoms with Gasteiger partial charge in [0.25, 0.3) is 0 Å². The molecule has 1 aliphatic carbocycles. The number of ketones is 2. The smallest absolute Gasteiger partial charge is 0.219 e. The number of hydrogen-bond donors (Lipinski definition) is 0. The zero-order chi connectivity index (χ0) is 20.4. The van der Waals surface area contributed by atoms with Crippen LogP contribution in [-0.2, 0) is 14.4 Å². The van der Waals surface area contributed by atoms with Crippen LogP contribution in [0.2, 0.25) is 10.0 Å². The lowest BCUT2D eigenvalue weighted by molar-refractivity contribution is -0.165. The Morgan fingerprint density at radius 3 is 2.07 bits per heavy atom. The van der Waals surface area contributed by atoms with E-state index in [9.17, 15) is 9.59 Å². The Bertz CT molecular complexity index is 883. The van der Waals surface area contributed by atoms with Crippen molar-refractivity contribution in [3.05, 3.63) is 45.5 Å². The number of allylic oxidation sites excluding steroid dienone is 1. The predicted molar refractivity (Wildman–Crippen MR) is 107 cm³/mol. The lowest BCUT2D eigenvalue weighted by Crippen LogP contribution is -2.61. The number of benzene rings is 1. The van der Waals surface area contributed by atoms with Crippen LogP contribution in [0.25, 0.3) is 0 Å². The SMILES string of the molecule is CC(C)(C)C1=CC(=O)C2(C(C)(C)C)ON=C(c3c(Cl)cccc3Cl)C2C1=O. The maximum Gasteiger partial charge on any atom is 0.219 e. The summed E-state index contributed by atoms with van der Waals surface area (Å²) in [6, 6.07) is 5.08. The van der Waals surface area contributed by atoms with Crippen molar-refractivity contribution in [2.45, 2.75) is 47.1 Å². The summed E-state index contributed by atoms with van der Waals surface area (Å²) < 4.78 is 0. The van der Waals surface area contributed by atoms with Crippen LogP contribution in [0.5, 0.6) is 0 Å². The molecule has 0 saturated carbocycles. The topological polar surface area (TPSA) is 55.7 Å². The highest BCUT2D eigenvalue weighted by Gasteiger charge is 2.66. The molecule has 2 unspecified atom stereocenters. The molecule has 3 rings (SSSR count). The Morgan fingerprint density at radius 1 is 1.04 bits per heavy atom. The molecule has 1 aromatic carbocycles. The van der Waals surface area contributed by atoms with E-state index in [0.29, 0.717) is 26.9 Å². The minimum absolute atomic E-state index is 0.177. The van der Waals surface area contributed by atoms with E-state index in [4.69, 9.17) is 28.0 Å². The third-order valence-electron chi connectivity index (χ3n) is 5.28. The number of rotatable bonds is 1. The zero-order valence-corrected chi connectivity index (χ0v) is 17.8. The van der Waals surface area contributed by atoms with Crippen LogP contribution in [0.1, 0.15) is 47.1 Å². The van der Waals surface area contributed by atoms with Crippen molar-refractivity contribution in [2.24, 2.45) is 21.9 Å². The van der Waals surface area contributed by atoms with Gasteiger partial charge in [0, 0.05) is 16.6 Å². The maximum absolute atomic E-state index is 13.6.